The molecule has 2 amide bonds. The fourth-order valence-corrected chi connectivity index (χ4v) is 1.64. The van der Waals surface area contributed by atoms with E-state index in [1.54, 1.807) is 18.2 Å². The van der Waals surface area contributed by atoms with Crippen LogP contribution in [0.25, 0.3) is 0 Å². The minimum atomic E-state index is -1.36. The lowest BCUT2D eigenvalue weighted by Crippen LogP contribution is -2.45. The lowest BCUT2D eigenvalue weighted by Gasteiger charge is -2.14. The molecule has 0 fully saturated rings. The van der Waals surface area contributed by atoms with Gasteiger partial charge in [-0.25, -0.2) is 9.59 Å². The van der Waals surface area contributed by atoms with Gasteiger partial charge in [0.25, 0.3) is 0 Å². The number of halogens is 1. The van der Waals surface area contributed by atoms with Crippen molar-refractivity contribution in [1.29, 1.82) is 0 Å². The Labute approximate surface area is 117 Å². The summed E-state index contributed by atoms with van der Waals surface area (Å²) in [5, 5.41) is 22.1. The summed E-state index contributed by atoms with van der Waals surface area (Å²) in [4.78, 5) is 22.3. The average molecular weight is 333 g/mol. The van der Waals surface area contributed by atoms with Crippen LogP contribution in [0.2, 0.25) is 0 Å². The van der Waals surface area contributed by atoms with Crippen molar-refractivity contribution < 1.29 is 24.5 Å². The van der Waals surface area contributed by atoms with Crippen molar-refractivity contribution in [3.05, 3.63) is 22.7 Å². The first-order valence-corrected chi connectivity index (χ1v) is 6.02. The minimum Gasteiger partial charge on any atom is -0.495 e. The number of carbonyl (C=O) groups excluding carboxylic acids is 1. The molecule has 0 aliphatic heterocycles. The Morgan fingerprint density at radius 1 is 1.47 bits per heavy atom. The van der Waals surface area contributed by atoms with Crippen LogP contribution in [0.3, 0.4) is 0 Å². The minimum absolute atomic E-state index is 0.372. The number of carboxylic acid groups (broad SMARTS) is 1. The Balaban J connectivity index is 2.76. The molecule has 104 valence electrons. The Morgan fingerprint density at radius 3 is 2.68 bits per heavy atom. The van der Waals surface area contributed by atoms with Crippen molar-refractivity contribution in [3.63, 3.8) is 0 Å². The zero-order chi connectivity index (χ0) is 14.4. The summed E-state index contributed by atoms with van der Waals surface area (Å²) in [5.74, 6) is -0.895. The second-order valence-corrected chi connectivity index (χ2v) is 4.43. The number of carbonyl (C=O) groups is 2. The predicted molar refractivity (Wildman–Crippen MR) is 71.4 cm³/mol. The molecule has 0 aliphatic carbocycles. The number of hydrogen-bond donors (Lipinski definition) is 4. The highest BCUT2D eigenvalue weighted by Crippen LogP contribution is 2.27. The fourth-order valence-electron chi connectivity index (χ4n) is 1.28. The number of nitrogens with one attached hydrogen (secondary N) is 2. The Hall–Kier alpha value is -1.80. The molecule has 0 unspecified atom stereocenters. The summed E-state index contributed by atoms with van der Waals surface area (Å²) >= 11 is 3.24. The molecule has 0 saturated heterocycles. The number of benzene rings is 1. The molecular formula is C11H13BrN2O5. The van der Waals surface area contributed by atoms with E-state index in [4.69, 9.17) is 14.9 Å². The second-order valence-electron chi connectivity index (χ2n) is 3.52. The van der Waals surface area contributed by atoms with Crippen molar-refractivity contribution >= 4 is 33.6 Å². The number of methoxy groups -OCH3 is 1. The van der Waals surface area contributed by atoms with Gasteiger partial charge in [0.1, 0.15) is 5.75 Å². The average Bonchev–Trinajstić information content (AvgIpc) is 2.35. The molecule has 0 bridgehead atoms. The van der Waals surface area contributed by atoms with Gasteiger partial charge in [-0.1, -0.05) is 15.9 Å². The summed E-state index contributed by atoms with van der Waals surface area (Å²) in [7, 11) is 1.44. The molecular weight excluding hydrogens is 320 g/mol. The van der Waals surface area contributed by atoms with Crippen LogP contribution in [0.4, 0.5) is 10.5 Å². The topological polar surface area (TPSA) is 108 Å². The van der Waals surface area contributed by atoms with Crippen molar-refractivity contribution in [3.8, 4) is 5.75 Å². The monoisotopic (exact) mass is 332 g/mol. The van der Waals surface area contributed by atoms with E-state index in [-0.39, 0.29) is 0 Å². The lowest BCUT2D eigenvalue weighted by atomic mass is 10.3. The van der Waals surface area contributed by atoms with Gasteiger partial charge in [-0.15, -0.1) is 0 Å². The van der Waals surface area contributed by atoms with Gasteiger partial charge in [-0.3, -0.25) is 0 Å². The van der Waals surface area contributed by atoms with Crippen LogP contribution >= 0.6 is 15.9 Å². The maximum absolute atomic E-state index is 11.6. The highest BCUT2D eigenvalue weighted by atomic mass is 79.9. The quantitative estimate of drug-likeness (QED) is 0.644. The van der Waals surface area contributed by atoms with Crippen molar-refractivity contribution in [2.45, 2.75) is 6.04 Å². The third-order valence-corrected chi connectivity index (χ3v) is 2.69. The molecule has 7 nitrogen and oxygen atoms in total. The van der Waals surface area contributed by atoms with Gasteiger partial charge >= 0.3 is 12.0 Å². The van der Waals surface area contributed by atoms with Crippen molar-refractivity contribution in [2.24, 2.45) is 0 Å². The van der Waals surface area contributed by atoms with Crippen LogP contribution < -0.4 is 15.4 Å². The Morgan fingerprint density at radius 2 is 2.16 bits per heavy atom. The first-order chi connectivity index (χ1) is 8.97. The molecule has 0 saturated carbocycles. The molecule has 0 aliphatic rings. The van der Waals surface area contributed by atoms with Gasteiger partial charge in [-0.05, 0) is 18.2 Å². The number of amides is 2. The van der Waals surface area contributed by atoms with Gasteiger partial charge in [0.2, 0.25) is 0 Å². The lowest BCUT2D eigenvalue weighted by molar-refractivity contribution is -0.140. The summed E-state index contributed by atoms with van der Waals surface area (Å²) in [6.07, 6.45) is 0. The molecule has 0 spiro atoms. The number of urea groups is 1. The van der Waals surface area contributed by atoms with Crippen LogP contribution in [0.5, 0.6) is 5.75 Å². The number of aliphatic hydroxyl groups excluding tert-OH is 1. The van der Waals surface area contributed by atoms with E-state index in [1.807, 2.05) is 0 Å². The normalized spacial score (nSPS) is 11.5. The van der Waals surface area contributed by atoms with Gasteiger partial charge in [0.05, 0.1) is 19.4 Å². The summed E-state index contributed by atoms with van der Waals surface area (Å²) in [5.41, 5.74) is 0.372. The van der Waals surface area contributed by atoms with Crippen LogP contribution in [-0.4, -0.2) is 42.0 Å². The van der Waals surface area contributed by atoms with Crippen LogP contribution in [-0.2, 0) is 4.79 Å². The summed E-state index contributed by atoms with van der Waals surface area (Å²) in [6.45, 7) is -0.696. The number of carboxylic acids is 1. The maximum Gasteiger partial charge on any atom is 0.328 e. The SMILES string of the molecule is COc1ccc(Br)cc1NC(=O)N[C@H](CO)C(=O)O. The standard InChI is InChI=1S/C11H13BrN2O5/c1-19-9-3-2-6(12)4-7(9)13-11(18)14-8(5-15)10(16)17/h2-4,8,15H,5H2,1H3,(H,16,17)(H2,13,14,18)/t8-/m1/s1. The predicted octanol–water partition coefficient (Wildman–Crippen LogP) is 1.02. The number of aliphatic carboxylic acids is 1. The van der Waals surface area contributed by atoms with E-state index in [0.29, 0.717) is 11.4 Å². The van der Waals surface area contributed by atoms with E-state index in [2.05, 4.69) is 26.6 Å². The largest absolute Gasteiger partial charge is 0.495 e. The third kappa shape index (κ3) is 4.42. The molecule has 0 heterocycles. The van der Waals surface area contributed by atoms with Gasteiger partial charge in [0, 0.05) is 4.47 Å². The van der Waals surface area contributed by atoms with E-state index >= 15 is 0 Å². The number of anilines is 1. The zero-order valence-corrected chi connectivity index (χ0v) is 11.6. The number of rotatable bonds is 5. The Kier molecular flexibility index (Phi) is 5.58. The Bertz CT molecular complexity index is 480. The van der Waals surface area contributed by atoms with E-state index in [9.17, 15) is 9.59 Å². The van der Waals surface area contributed by atoms with Crippen molar-refractivity contribution in [1.82, 2.24) is 5.32 Å². The summed E-state index contributed by atoms with van der Waals surface area (Å²) < 4.78 is 5.77. The van der Waals surface area contributed by atoms with Crippen molar-refractivity contribution in [2.75, 3.05) is 19.0 Å². The molecule has 8 heteroatoms. The molecule has 1 rings (SSSR count). The van der Waals surface area contributed by atoms with Crippen LogP contribution in [0.15, 0.2) is 22.7 Å². The maximum atomic E-state index is 11.6. The highest BCUT2D eigenvalue weighted by molar-refractivity contribution is 9.10. The molecule has 0 radical (unpaired) electrons. The molecule has 1 aromatic rings. The smallest absolute Gasteiger partial charge is 0.328 e. The van der Waals surface area contributed by atoms with Crippen LogP contribution in [0, 0.1) is 0 Å². The molecule has 0 aromatic heterocycles. The molecule has 1 aromatic carbocycles. The molecule has 1 atom stereocenters. The molecule has 4 N–H and O–H groups in total. The highest BCUT2D eigenvalue weighted by Gasteiger charge is 2.19. The first kappa shape index (κ1) is 15.3. The fraction of sp³-hybridized carbons (Fsp3) is 0.273. The number of ether oxygens (including phenoxy) is 1. The second kappa shape index (κ2) is 6.95. The van der Waals surface area contributed by atoms with Gasteiger partial charge in [-0.2, -0.15) is 0 Å². The third-order valence-electron chi connectivity index (χ3n) is 2.20. The van der Waals surface area contributed by atoms with E-state index in [1.165, 1.54) is 7.11 Å². The zero-order valence-electron chi connectivity index (χ0n) is 10.0. The summed E-state index contributed by atoms with van der Waals surface area (Å²) in [6, 6.07) is 2.86. The van der Waals surface area contributed by atoms with E-state index < -0.39 is 24.6 Å². The molecule has 19 heavy (non-hydrogen) atoms. The van der Waals surface area contributed by atoms with Gasteiger partial charge in [0.15, 0.2) is 6.04 Å². The first-order valence-electron chi connectivity index (χ1n) is 5.22. The van der Waals surface area contributed by atoms with Gasteiger partial charge < -0.3 is 25.6 Å². The van der Waals surface area contributed by atoms with E-state index in [0.717, 1.165) is 4.47 Å². The number of hydrogen-bond acceptors (Lipinski definition) is 4. The van der Waals surface area contributed by atoms with Crippen LogP contribution in [0.1, 0.15) is 0 Å². The number of aliphatic hydroxyl groups is 1.